The second kappa shape index (κ2) is 9.93. The van der Waals surface area contributed by atoms with E-state index >= 15 is 0 Å². The Labute approximate surface area is 187 Å². The van der Waals surface area contributed by atoms with E-state index in [4.69, 9.17) is 4.74 Å². The predicted octanol–water partition coefficient (Wildman–Crippen LogP) is 1.96. The van der Waals surface area contributed by atoms with Gasteiger partial charge in [-0.25, -0.2) is 5.01 Å². The summed E-state index contributed by atoms with van der Waals surface area (Å²) in [7, 11) is 0. The Bertz CT molecular complexity index is 968. The van der Waals surface area contributed by atoms with Gasteiger partial charge in [0.1, 0.15) is 0 Å². The highest BCUT2D eigenvalue weighted by Crippen LogP contribution is 2.22. The first-order valence-electron chi connectivity index (χ1n) is 10.9. The maximum absolute atomic E-state index is 12.8. The van der Waals surface area contributed by atoms with E-state index in [1.54, 1.807) is 24.3 Å². The Hall–Kier alpha value is -3.23. The average molecular weight is 437 g/mol. The molecule has 2 aromatic carbocycles. The van der Waals surface area contributed by atoms with Crippen molar-refractivity contribution in [3.8, 4) is 0 Å². The molecule has 0 spiro atoms. The highest BCUT2D eigenvalue weighted by Gasteiger charge is 2.25. The van der Waals surface area contributed by atoms with Crippen LogP contribution >= 0.6 is 0 Å². The van der Waals surface area contributed by atoms with Crippen LogP contribution in [0.25, 0.3) is 0 Å². The van der Waals surface area contributed by atoms with Crippen molar-refractivity contribution < 1.29 is 19.1 Å². The average Bonchev–Trinajstić information content (AvgIpc) is 2.82. The second-order valence-corrected chi connectivity index (χ2v) is 8.10. The zero-order chi connectivity index (χ0) is 22.5. The molecule has 3 amide bonds. The first-order valence-corrected chi connectivity index (χ1v) is 10.9. The zero-order valence-corrected chi connectivity index (χ0v) is 18.2. The third-order valence-electron chi connectivity index (χ3n) is 5.84. The van der Waals surface area contributed by atoms with Crippen LogP contribution in [0.5, 0.6) is 0 Å². The number of nitrogens with zero attached hydrogens (tertiary/aromatic N) is 2. The van der Waals surface area contributed by atoms with E-state index in [0.29, 0.717) is 31.0 Å². The smallest absolute Gasteiger partial charge is 0.251 e. The molecular weight excluding hydrogens is 408 g/mol. The van der Waals surface area contributed by atoms with E-state index < -0.39 is 0 Å². The fraction of sp³-hybridized carbons (Fsp3) is 0.375. The van der Waals surface area contributed by atoms with Crippen molar-refractivity contribution in [3.63, 3.8) is 0 Å². The minimum Gasteiger partial charge on any atom is -0.379 e. The van der Waals surface area contributed by atoms with Crippen LogP contribution in [-0.2, 0) is 14.3 Å². The van der Waals surface area contributed by atoms with E-state index in [1.165, 1.54) is 10.6 Å². The van der Waals surface area contributed by atoms with Gasteiger partial charge in [0.15, 0.2) is 0 Å². The summed E-state index contributed by atoms with van der Waals surface area (Å²) in [5.41, 5.74) is 5.94. The van der Waals surface area contributed by atoms with E-state index in [2.05, 4.69) is 46.8 Å². The van der Waals surface area contributed by atoms with Crippen LogP contribution in [0.2, 0.25) is 0 Å². The molecule has 2 aliphatic heterocycles. The summed E-state index contributed by atoms with van der Waals surface area (Å²) in [5, 5.41) is 4.29. The maximum Gasteiger partial charge on any atom is 0.251 e. The van der Waals surface area contributed by atoms with Gasteiger partial charge in [0, 0.05) is 38.0 Å². The Morgan fingerprint density at radius 2 is 1.72 bits per heavy atom. The van der Waals surface area contributed by atoms with Crippen molar-refractivity contribution in [2.24, 2.45) is 0 Å². The number of ether oxygens (including phenoxy) is 1. The zero-order valence-electron chi connectivity index (χ0n) is 18.2. The fourth-order valence-corrected chi connectivity index (χ4v) is 3.97. The number of carbonyl (C=O) groups is 3. The fourth-order valence-electron chi connectivity index (χ4n) is 3.97. The van der Waals surface area contributed by atoms with E-state index in [9.17, 15) is 14.4 Å². The summed E-state index contributed by atoms with van der Waals surface area (Å²) in [4.78, 5) is 38.8. The van der Waals surface area contributed by atoms with Crippen molar-refractivity contribution in [1.29, 1.82) is 0 Å². The van der Waals surface area contributed by atoms with Gasteiger partial charge in [-0.05, 0) is 36.8 Å². The molecule has 2 aromatic rings. The van der Waals surface area contributed by atoms with Gasteiger partial charge in [0.2, 0.25) is 11.8 Å². The third-order valence-corrected chi connectivity index (χ3v) is 5.84. The molecule has 2 aliphatic rings. The summed E-state index contributed by atoms with van der Waals surface area (Å²) in [6.07, 6.45) is 0.372. The van der Waals surface area contributed by atoms with Crippen LogP contribution in [0.1, 0.15) is 40.4 Å². The molecule has 0 aliphatic carbocycles. The Balaban J connectivity index is 1.43. The summed E-state index contributed by atoms with van der Waals surface area (Å²) < 4.78 is 5.49. The van der Waals surface area contributed by atoms with Crippen molar-refractivity contribution in [2.75, 3.05) is 37.9 Å². The number of carbonyl (C=O) groups excluding carboxylic acids is 3. The van der Waals surface area contributed by atoms with Crippen molar-refractivity contribution in [2.45, 2.75) is 25.8 Å². The van der Waals surface area contributed by atoms with Gasteiger partial charge in [0.05, 0.1) is 24.9 Å². The van der Waals surface area contributed by atoms with Crippen LogP contribution in [0.4, 0.5) is 5.69 Å². The number of amides is 3. The number of morpholine rings is 1. The van der Waals surface area contributed by atoms with Crippen molar-refractivity contribution >= 4 is 23.4 Å². The number of rotatable bonds is 6. The molecule has 0 saturated carbocycles. The van der Waals surface area contributed by atoms with Gasteiger partial charge in [-0.3, -0.25) is 24.7 Å². The van der Waals surface area contributed by atoms with E-state index in [-0.39, 0.29) is 36.6 Å². The Morgan fingerprint density at radius 3 is 2.41 bits per heavy atom. The molecule has 2 fully saturated rings. The number of anilines is 1. The van der Waals surface area contributed by atoms with Gasteiger partial charge >= 0.3 is 0 Å². The largest absolute Gasteiger partial charge is 0.379 e. The van der Waals surface area contributed by atoms with Crippen LogP contribution in [0.15, 0.2) is 48.5 Å². The van der Waals surface area contributed by atoms with Crippen LogP contribution in [-0.4, -0.2) is 55.5 Å². The standard InChI is InChI=1S/C24H28N4O4/c1-17-2-4-18(5-3-17)21(27-12-14-32-15-13-27)16-25-24(31)19-6-8-20(9-7-19)28-23(30)11-10-22(29)26-28/h2-9,21H,10-16H2,1H3,(H,25,31)(H,26,29). The molecule has 8 heteroatoms. The van der Waals surface area contributed by atoms with Crippen molar-refractivity contribution in [3.05, 3.63) is 65.2 Å². The first kappa shape index (κ1) is 22.0. The number of benzene rings is 2. The molecule has 0 bridgehead atoms. The van der Waals surface area contributed by atoms with Gasteiger partial charge < -0.3 is 10.1 Å². The highest BCUT2D eigenvalue weighted by molar-refractivity contribution is 6.01. The summed E-state index contributed by atoms with van der Waals surface area (Å²) in [5.74, 6) is -0.555. The molecule has 1 atom stereocenters. The number of aryl methyl sites for hydroxylation is 1. The molecule has 0 aromatic heterocycles. The molecular formula is C24H28N4O4. The maximum atomic E-state index is 12.8. The highest BCUT2D eigenvalue weighted by atomic mass is 16.5. The van der Waals surface area contributed by atoms with Crippen LogP contribution in [0, 0.1) is 6.92 Å². The van der Waals surface area contributed by atoms with E-state index in [1.807, 2.05) is 0 Å². The van der Waals surface area contributed by atoms with Gasteiger partial charge in [-0.1, -0.05) is 29.8 Å². The first-order chi connectivity index (χ1) is 15.5. The number of hydrogen-bond acceptors (Lipinski definition) is 5. The predicted molar refractivity (Wildman–Crippen MR) is 120 cm³/mol. The third kappa shape index (κ3) is 5.15. The lowest BCUT2D eigenvalue weighted by molar-refractivity contribution is -0.130. The molecule has 1 unspecified atom stereocenters. The molecule has 168 valence electrons. The van der Waals surface area contributed by atoms with Gasteiger partial charge in [0.25, 0.3) is 5.91 Å². The van der Waals surface area contributed by atoms with Crippen LogP contribution in [0.3, 0.4) is 0 Å². The van der Waals surface area contributed by atoms with Crippen molar-refractivity contribution in [1.82, 2.24) is 15.6 Å². The Kier molecular flexibility index (Phi) is 6.82. The topological polar surface area (TPSA) is 91.0 Å². The number of hydrogen-bond donors (Lipinski definition) is 2. The molecule has 4 rings (SSSR count). The molecule has 0 radical (unpaired) electrons. The quantitative estimate of drug-likeness (QED) is 0.723. The molecule has 32 heavy (non-hydrogen) atoms. The lowest BCUT2D eigenvalue weighted by Gasteiger charge is -2.35. The molecule has 2 heterocycles. The second-order valence-electron chi connectivity index (χ2n) is 8.10. The lowest BCUT2D eigenvalue weighted by atomic mass is 10.0. The minimum absolute atomic E-state index is 0.0592. The Morgan fingerprint density at radius 1 is 1.03 bits per heavy atom. The van der Waals surface area contributed by atoms with E-state index in [0.717, 1.165) is 18.7 Å². The monoisotopic (exact) mass is 436 g/mol. The number of nitrogens with one attached hydrogen (secondary N) is 2. The summed E-state index contributed by atoms with van der Waals surface area (Å²) in [6, 6.07) is 15.1. The SMILES string of the molecule is Cc1ccc(C(CNC(=O)c2ccc(N3NC(=O)CCC3=O)cc2)N2CCOCC2)cc1. The molecule has 8 nitrogen and oxygen atoms in total. The van der Waals surface area contributed by atoms with Gasteiger partial charge in [-0.15, -0.1) is 0 Å². The van der Waals surface area contributed by atoms with Crippen LogP contribution < -0.4 is 15.8 Å². The normalized spacial score (nSPS) is 18.2. The summed E-state index contributed by atoms with van der Waals surface area (Å²) in [6.45, 7) is 5.54. The minimum atomic E-state index is -0.198. The molecule has 2 saturated heterocycles. The van der Waals surface area contributed by atoms with Gasteiger partial charge in [-0.2, -0.15) is 0 Å². The summed E-state index contributed by atoms with van der Waals surface area (Å²) >= 11 is 0. The molecule has 2 N–H and O–H groups in total. The number of hydrazine groups is 1. The lowest BCUT2D eigenvalue weighted by Crippen LogP contribution is -2.50.